The first-order chi connectivity index (χ1) is 9.48. The van der Waals surface area contributed by atoms with Crippen molar-refractivity contribution in [2.75, 3.05) is 13.1 Å². The maximum absolute atomic E-state index is 12.8. The van der Waals surface area contributed by atoms with E-state index in [9.17, 15) is 10.0 Å². The van der Waals surface area contributed by atoms with Crippen LogP contribution in [0.15, 0.2) is 30.3 Å². The van der Waals surface area contributed by atoms with E-state index in [1.807, 2.05) is 58.0 Å². The summed E-state index contributed by atoms with van der Waals surface area (Å²) in [6.07, 6.45) is 0. The Morgan fingerprint density at radius 3 is 2.35 bits per heavy atom. The number of nitrogens with zero attached hydrogens (tertiary/aromatic N) is 2. The van der Waals surface area contributed by atoms with Gasteiger partial charge in [-0.25, -0.2) is 0 Å². The van der Waals surface area contributed by atoms with Gasteiger partial charge in [0.1, 0.15) is 5.54 Å². The van der Waals surface area contributed by atoms with Crippen LogP contribution >= 0.6 is 0 Å². The molecule has 1 aliphatic heterocycles. The fourth-order valence-corrected chi connectivity index (χ4v) is 3.42. The lowest BCUT2D eigenvalue weighted by atomic mass is 9.67. The number of likely N-dealkylation sites (N-methyl/N-ethyl adjacent to an activating group) is 1. The van der Waals surface area contributed by atoms with Crippen molar-refractivity contribution < 1.29 is 10.0 Å². The number of carbonyl (C=O) groups excluding carboxylic acids is 1. The summed E-state index contributed by atoms with van der Waals surface area (Å²) in [5.74, 6) is 0.0127. The maximum Gasteiger partial charge on any atom is 0.245 e. The molecule has 1 amide bonds. The molecule has 4 nitrogen and oxygen atoms in total. The topological polar surface area (TPSA) is 43.8 Å². The highest BCUT2D eigenvalue weighted by Crippen LogP contribution is 2.48. The van der Waals surface area contributed by atoms with Gasteiger partial charge in [-0.05, 0) is 33.3 Å². The molecule has 1 aliphatic rings. The largest absolute Gasteiger partial charge is 0.342 e. The third-order valence-electron chi connectivity index (χ3n) is 4.59. The van der Waals surface area contributed by atoms with E-state index < -0.39 is 5.54 Å². The number of carbonyl (C=O) groups is 1. The van der Waals surface area contributed by atoms with Gasteiger partial charge in [-0.15, -0.1) is 0 Å². The van der Waals surface area contributed by atoms with E-state index in [1.165, 1.54) is 5.06 Å². The van der Waals surface area contributed by atoms with Crippen LogP contribution in [0.5, 0.6) is 0 Å². The Bertz CT molecular complexity index is 473. The molecule has 0 unspecified atom stereocenters. The van der Waals surface area contributed by atoms with Crippen LogP contribution in [0, 0.1) is 0 Å². The van der Waals surface area contributed by atoms with Crippen LogP contribution in [0.1, 0.15) is 39.2 Å². The predicted molar refractivity (Wildman–Crippen MR) is 78.6 cm³/mol. The normalized spacial score (nSPS) is 29.9. The fourth-order valence-electron chi connectivity index (χ4n) is 3.42. The molecule has 1 saturated heterocycles. The van der Waals surface area contributed by atoms with Crippen molar-refractivity contribution in [1.29, 1.82) is 0 Å². The molecule has 0 radical (unpaired) electrons. The van der Waals surface area contributed by atoms with E-state index in [4.69, 9.17) is 0 Å². The zero-order valence-corrected chi connectivity index (χ0v) is 12.7. The lowest BCUT2D eigenvalue weighted by molar-refractivity contribution is -0.272. The van der Waals surface area contributed by atoms with Crippen molar-refractivity contribution in [1.82, 2.24) is 9.96 Å². The Morgan fingerprint density at radius 1 is 1.30 bits per heavy atom. The fraction of sp³-hybridized carbons (Fsp3) is 0.562. The minimum atomic E-state index is -0.868. The molecule has 0 saturated carbocycles. The van der Waals surface area contributed by atoms with E-state index in [1.54, 1.807) is 4.90 Å². The first kappa shape index (κ1) is 15.0. The predicted octanol–water partition coefficient (Wildman–Crippen LogP) is 2.49. The molecule has 0 spiro atoms. The molecule has 1 aromatic carbocycles. The molecular weight excluding hydrogens is 252 g/mol. The van der Waals surface area contributed by atoms with Crippen LogP contribution in [0.25, 0.3) is 0 Å². The second-order valence-corrected chi connectivity index (χ2v) is 5.60. The summed E-state index contributed by atoms with van der Waals surface area (Å²) in [6, 6.07) is 9.92. The quantitative estimate of drug-likeness (QED) is 0.919. The number of hydrogen-bond acceptors (Lipinski definition) is 3. The first-order valence-electron chi connectivity index (χ1n) is 7.30. The van der Waals surface area contributed by atoms with Crippen molar-refractivity contribution in [3.05, 3.63) is 35.9 Å². The van der Waals surface area contributed by atoms with Gasteiger partial charge in [-0.1, -0.05) is 30.3 Å². The van der Waals surface area contributed by atoms with Crippen molar-refractivity contribution in [2.45, 2.75) is 45.2 Å². The Labute approximate surface area is 121 Å². The molecule has 1 heterocycles. The molecule has 4 heteroatoms. The molecule has 1 N–H and O–H groups in total. The minimum absolute atomic E-state index is 0.00282. The van der Waals surface area contributed by atoms with E-state index in [2.05, 4.69) is 0 Å². The van der Waals surface area contributed by atoms with Crippen LogP contribution in [0.4, 0.5) is 0 Å². The van der Waals surface area contributed by atoms with E-state index in [0.29, 0.717) is 13.1 Å². The summed E-state index contributed by atoms with van der Waals surface area (Å²) >= 11 is 0. The van der Waals surface area contributed by atoms with Crippen LogP contribution < -0.4 is 0 Å². The molecule has 0 aliphatic carbocycles. The zero-order valence-electron chi connectivity index (χ0n) is 12.7. The highest BCUT2D eigenvalue weighted by Gasteiger charge is 2.61. The van der Waals surface area contributed by atoms with Gasteiger partial charge in [0.15, 0.2) is 0 Å². The van der Waals surface area contributed by atoms with Crippen LogP contribution in [0.3, 0.4) is 0 Å². The molecule has 1 fully saturated rings. The Morgan fingerprint density at radius 2 is 1.85 bits per heavy atom. The van der Waals surface area contributed by atoms with Gasteiger partial charge in [-0.2, -0.15) is 5.06 Å². The molecule has 110 valence electrons. The lowest BCUT2D eigenvalue weighted by Gasteiger charge is -2.58. The van der Waals surface area contributed by atoms with Gasteiger partial charge in [0, 0.05) is 25.0 Å². The third-order valence-corrected chi connectivity index (χ3v) is 4.59. The Kier molecular flexibility index (Phi) is 4.16. The van der Waals surface area contributed by atoms with Crippen molar-refractivity contribution in [3.8, 4) is 0 Å². The molecular formula is C16H24N2O2. The smallest absolute Gasteiger partial charge is 0.245 e. The second-order valence-electron chi connectivity index (χ2n) is 5.60. The van der Waals surface area contributed by atoms with Crippen molar-refractivity contribution >= 4 is 5.91 Å². The Balaban J connectivity index is 2.35. The molecule has 3 atom stereocenters. The van der Waals surface area contributed by atoms with E-state index >= 15 is 0 Å². The molecule has 1 aromatic rings. The number of rotatable bonds is 4. The van der Waals surface area contributed by atoms with Gasteiger partial charge in [0.05, 0.1) is 0 Å². The Hall–Kier alpha value is -1.39. The minimum Gasteiger partial charge on any atom is -0.342 e. The summed E-state index contributed by atoms with van der Waals surface area (Å²) in [5, 5.41) is 11.5. The number of benzene rings is 1. The highest BCUT2D eigenvalue weighted by molar-refractivity contribution is 5.88. The first-order valence-corrected chi connectivity index (χ1v) is 7.30. The van der Waals surface area contributed by atoms with E-state index in [-0.39, 0.29) is 17.9 Å². The summed E-state index contributed by atoms with van der Waals surface area (Å²) in [4.78, 5) is 14.6. The van der Waals surface area contributed by atoms with Gasteiger partial charge in [0.2, 0.25) is 5.91 Å². The van der Waals surface area contributed by atoms with E-state index in [0.717, 1.165) is 5.56 Å². The molecule has 2 rings (SSSR count). The van der Waals surface area contributed by atoms with Gasteiger partial charge in [0.25, 0.3) is 0 Å². The van der Waals surface area contributed by atoms with Gasteiger partial charge < -0.3 is 10.1 Å². The van der Waals surface area contributed by atoms with Crippen LogP contribution in [0.2, 0.25) is 0 Å². The molecule has 20 heavy (non-hydrogen) atoms. The maximum atomic E-state index is 12.8. The third kappa shape index (κ3) is 2.03. The number of amides is 1. The number of hydrogen-bond donors (Lipinski definition) is 1. The molecule has 0 aromatic heterocycles. The standard InChI is InChI=1S/C16H24N2O2/c1-5-17(6-2)15(19)16(4)14(12(3)18(16)20)13-10-8-7-9-11-13/h7-12,14,20H,5-6H2,1-4H3/t12-,14-,16-/m1/s1. The summed E-state index contributed by atoms with van der Waals surface area (Å²) in [5.41, 5.74) is 0.237. The van der Waals surface area contributed by atoms with Crippen LogP contribution in [-0.4, -0.2) is 45.7 Å². The number of hydroxylamine groups is 2. The van der Waals surface area contributed by atoms with Gasteiger partial charge in [-0.3, -0.25) is 4.79 Å². The summed E-state index contributed by atoms with van der Waals surface area (Å²) in [6.45, 7) is 9.04. The lowest BCUT2D eigenvalue weighted by Crippen LogP contribution is -2.73. The summed E-state index contributed by atoms with van der Waals surface area (Å²) in [7, 11) is 0. The average molecular weight is 276 g/mol. The monoisotopic (exact) mass is 276 g/mol. The highest BCUT2D eigenvalue weighted by atomic mass is 16.5. The summed E-state index contributed by atoms with van der Waals surface area (Å²) < 4.78 is 0. The van der Waals surface area contributed by atoms with Crippen LogP contribution in [-0.2, 0) is 4.79 Å². The zero-order chi connectivity index (χ0) is 14.9. The van der Waals surface area contributed by atoms with Crippen molar-refractivity contribution in [3.63, 3.8) is 0 Å². The average Bonchev–Trinajstić information content (AvgIpc) is 2.48. The second kappa shape index (κ2) is 5.54. The SMILES string of the molecule is CCN(CC)C(=O)[C@@]1(C)[C@@H](c2ccccc2)[C@@H](C)N1O. The van der Waals surface area contributed by atoms with Crippen molar-refractivity contribution in [2.24, 2.45) is 0 Å². The van der Waals surface area contributed by atoms with Gasteiger partial charge >= 0.3 is 0 Å². The molecule has 0 bridgehead atoms.